The maximum absolute atomic E-state index is 6.35. The molecule has 0 atom stereocenters. The van der Waals surface area contributed by atoms with Gasteiger partial charge in [-0.25, -0.2) is 4.98 Å². The molecule has 154 valence electrons. The molecule has 0 N–H and O–H groups in total. The van der Waals surface area contributed by atoms with Gasteiger partial charge in [-0.15, -0.1) is 0 Å². The van der Waals surface area contributed by atoms with Gasteiger partial charge in [0, 0.05) is 28.1 Å². The molecule has 2 aromatic carbocycles. The van der Waals surface area contributed by atoms with Crippen molar-refractivity contribution in [2.45, 2.75) is 39.5 Å². The molecule has 0 unspecified atom stereocenters. The third-order valence-electron chi connectivity index (χ3n) is 5.93. The Morgan fingerprint density at radius 1 is 0.677 bits per heavy atom. The maximum atomic E-state index is 6.35. The van der Waals surface area contributed by atoms with Crippen molar-refractivity contribution in [3.63, 3.8) is 0 Å². The van der Waals surface area contributed by atoms with Gasteiger partial charge >= 0.3 is 0 Å². The average Bonchev–Trinajstić information content (AvgIpc) is 3.17. The van der Waals surface area contributed by atoms with E-state index in [9.17, 15) is 0 Å². The van der Waals surface area contributed by atoms with Crippen LogP contribution < -0.4 is 0 Å². The van der Waals surface area contributed by atoms with Crippen LogP contribution in [0.4, 0.5) is 0 Å². The highest BCUT2D eigenvalue weighted by atomic mass is 16.3. The van der Waals surface area contributed by atoms with Gasteiger partial charge in [-0.2, -0.15) is 0 Å². The third kappa shape index (κ3) is 3.31. The predicted octanol–water partition coefficient (Wildman–Crippen LogP) is 7.96. The van der Waals surface area contributed by atoms with Crippen molar-refractivity contribution in [3.8, 4) is 22.5 Å². The fourth-order valence-electron chi connectivity index (χ4n) is 4.39. The zero-order chi connectivity index (χ0) is 21.5. The number of furan rings is 1. The van der Waals surface area contributed by atoms with Crippen LogP contribution >= 0.6 is 0 Å². The quantitative estimate of drug-likeness (QED) is 0.304. The lowest BCUT2D eigenvalue weighted by Gasteiger charge is -2.19. The van der Waals surface area contributed by atoms with Gasteiger partial charge in [0.25, 0.3) is 0 Å². The van der Waals surface area contributed by atoms with E-state index in [1.165, 1.54) is 16.7 Å². The van der Waals surface area contributed by atoms with Crippen LogP contribution in [0.5, 0.6) is 0 Å². The lowest BCUT2D eigenvalue weighted by Crippen LogP contribution is -2.00. The van der Waals surface area contributed by atoms with E-state index < -0.39 is 0 Å². The SMILES string of the molecule is CC(C)c1cccc(C(C)C)c1-c1ccc2c(n1)oc1c(-c3ccccn3)cccc12. The first-order valence-electron chi connectivity index (χ1n) is 10.9. The molecule has 0 bridgehead atoms. The molecular formula is C28H26N2O. The van der Waals surface area contributed by atoms with E-state index in [4.69, 9.17) is 9.40 Å². The molecule has 0 fully saturated rings. The number of rotatable bonds is 4. The van der Waals surface area contributed by atoms with E-state index in [-0.39, 0.29) is 0 Å². The topological polar surface area (TPSA) is 38.9 Å². The summed E-state index contributed by atoms with van der Waals surface area (Å²) in [7, 11) is 0. The molecule has 3 heteroatoms. The summed E-state index contributed by atoms with van der Waals surface area (Å²) < 4.78 is 6.35. The molecule has 5 rings (SSSR count). The van der Waals surface area contributed by atoms with Crippen LogP contribution in [0.3, 0.4) is 0 Å². The van der Waals surface area contributed by atoms with Crippen LogP contribution in [0.1, 0.15) is 50.7 Å². The van der Waals surface area contributed by atoms with E-state index in [0.29, 0.717) is 17.5 Å². The Labute approximate surface area is 182 Å². The minimum atomic E-state index is 0.414. The second kappa shape index (κ2) is 7.66. The summed E-state index contributed by atoms with van der Waals surface area (Å²) in [5.74, 6) is 0.829. The molecule has 0 aliphatic carbocycles. The minimum Gasteiger partial charge on any atom is -0.437 e. The summed E-state index contributed by atoms with van der Waals surface area (Å²) in [6.07, 6.45) is 1.81. The van der Waals surface area contributed by atoms with Crippen molar-refractivity contribution in [1.29, 1.82) is 0 Å². The number of hydrogen-bond donors (Lipinski definition) is 0. The van der Waals surface area contributed by atoms with Crippen molar-refractivity contribution in [2.75, 3.05) is 0 Å². The Balaban J connectivity index is 1.75. The molecule has 5 aromatic rings. The standard InChI is InChI=1S/C28H26N2O/c1-17(2)19-9-7-10-20(18(3)4)26(19)25-15-14-22-21-11-8-12-23(24-13-5-6-16-29-24)27(21)31-28(22)30-25/h5-18H,1-4H3. The molecule has 3 aromatic heterocycles. The fraction of sp³-hybridized carbons (Fsp3) is 0.214. The third-order valence-corrected chi connectivity index (χ3v) is 5.93. The van der Waals surface area contributed by atoms with Gasteiger partial charge in [0.05, 0.1) is 11.4 Å². The van der Waals surface area contributed by atoms with Gasteiger partial charge in [-0.3, -0.25) is 4.98 Å². The number of hydrogen-bond acceptors (Lipinski definition) is 3. The van der Waals surface area contributed by atoms with Gasteiger partial charge < -0.3 is 4.42 Å². The largest absolute Gasteiger partial charge is 0.437 e. The smallest absolute Gasteiger partial charge is 0.227 e. The lowest BCUT2D eigenvalue weighted by molar-refractivity contribution is 0.655. The lowest BCUT2D eigenvalue weighted by atomic mass is 9.87. The number of para-hydroxylation sites is 1. The molecule has 0 amide bonds. The Morgan fingerprint density at radius 3 is 2.10 bits per heavy atom. The van der Waals surface area contributed by atoms with Crippen molar-refractivity contribution in [1.82, 2.24) is 9.97 Å². The van der Waals surface area contributed by atoms with Gasteiger partial charge in [0.1, 0.15) is 5.58 Å². The van der Waals surface area contributed by atoms with E-state index in [1.807, 2.05) is 24.4 Å². The average molecular weight is 407 g/mol. The Bertz CT molecular complexity index is 1350. The van der Waals surface area contributed by atoms with Crippen molar-refractivity contribution < 1.29 is 4.42 Å². The summed E-state index contributed by atoms with van der Waals surface area (Å²) >= 11 is 0. The number of benzene rings is 2. The second-order valence-electron chi connectivity index (χ2n) is 8.67. The first kappa shape index (κ1) is 19.5. The van der Waals surface area contributed by atoms with Crippen LogP contribution in [0.15, 0.2) is 77.3 Å². The second-order valence-corrected chi connectivity index (χ2v) is 8.67. The summed E-state index contributed by atoms with van der Waals surface area (Å²) in [5, 5.41) is 2.10. The summed E-state index contributed by atoms with van der Waals surface area (Å²) in [6.45, 7) is 8.95. The highest BCUT2D eigenvalue weighted by Gasteiger charge is 2.19. The molecule has 3 nitrogen and oxygen atoms in total. The number of fused-ring (bicyclic) bond motifs is 3. The maximum Gasteiger partial charge on any atom is 0.227 e. The molecule has 0 aliphatic heterocycles. The van der Waals surface area contributed by atoms with Gasteiger partial charge in [-0.05, 0) is 53.3 Å². The van der Waals surface area contributed by atoms with Crippen molar-refractivity contribution in [3.05, 3.63) is 84.1 Å². The predicted molar refractivity (Wildman–Crippen MR) is 128 cm³/mol. The molecule has 0 radical (unpaired) electrons. The molecule has 0 saturated carbocycles. The Kier molecular flexibility index (Phi) is 4.82. The molecule has 3 heterocycles. The summed E-state index contributed by atoms with van der Waals surface area (Å²) in [4.78, 5) is 9.53. The number of pyridine rings is 2. The zero-order valence-corrected chi connectivity index (χ0v) is 18.4. The first-order chi connectivity index (χ1) is 15.0. The normalized spacial score (nSPS) is 11.8. The molecule has 31 heavy (non-hydrogen) atoms. The van der Waals surface area contributed by atoms with E-state index in [2.05, 4.69) is 81.2 Å². The summed E-state index contributed by atoms with van der Waals surface area (Å²) in [5.41, 5.74) is 8.25. The first-order valence-corrected chi connectivity index (χ1v) is 10.9. The van der Waals surface area contributed by atoms with Crippen LogP contribution in [0.25, 0.3) is 44.6 Å². The molecule has 0 aliphatic rings. The van der Waals surface area contributed by atoms with Crippen LogP contribution in [-0.2, 0) is 0 Å². The monoisotopic (exact) mass is 406 g/mol. The van der Waals surface area contributed by atoms with Gasteiger partial charge in [0.15, 0.2) is 0 Å². The van der Waals surface area contributed by atoms with Crippen LogP contribution in [0.2, 0.25) is 0 Å². The number of aromatic nitrogens is 2. The van der Waals surface area contributed by atoms with Crippen LogP contribution in [-0.4, -0.2) is 9.97 Å². The summed E-state index contributed by atoms with van der Waals surface area (Å²) in [6, 6.07) is 23.0. The molecule has 0 saturated heterocycles. The van der Waals surface area contributed by atoms with Crippen LogP contribution in [0, 0.1) is 0 Å². The Hall–Kier alpha value is -3.46. The van der Waals surface area contributed by atoms with Crippen molar-refractivity contribution in [2.24, 2.45) is 0 Å². The zero-order valence-electron chi connectivity index (χ0n) is 18.4. The van der Waals surface area contributed by atoms with E-state index in [0.717, 1.165) is 33.3 Å². The van der Waals surface area contributed by atoms with E-state index in [1.54, 1.807) is 0 Å². The highest BCUT2D eigenvalue weighted by Crippen LogP contribution is 2.38. The highest BCUT2D eigenvalue weighted by molar-refractivity contribution is 6.08. The van der Waals surface area contributed by atoms with Gasteiger partial charge in [0.2, 0.25) is 5.71 Å². The van der Waals surface area contributed by atoms with Gasteiger partial charge in [-0.1, -0.05) is 64.1 Å². The van der Waals surface area contributed by atoms with E-state index >= 15 is 0 Å². The fourth-order valence-corrected chi connectivity index (χ4v) is 4.39. The Morgan fingerprint density at radius 2 is 1.42 bits per heavy atom. The molecule has 0 spiro atoms. The molecular weight excluding hydrogens is 380 g/mol. The minimum absolute atomic E-state index is 0.414. The van der Waals surface area contributed by atoms with Crippen molar-refractivity contribution >= 4 is 22.1 Å². The number of nitrogens with zero attached hydrogens (tertiary/aromatic N) is 2.